The van der Waals surface area contributed by atoms with Gasteiger partial charge in [-0.3, -0.25) is 4.79 Å². The lowest BCUT2D eigenvalue weighted by molar-refractivity contribution is -0.142. The minimum absolute atomic E-state index is 0.177. The number of carbonyl (C=O) groups is 1. The maximum atomic E-state index is 10.8. The van der Waals surface area contributed by atoms with E-state index in [1.165, 1.54) is 12.8 Å². The van der Waals surface area contributed by atoms with Gasteiger partial charge in [0.25, 0.3) is 0 Å². The molecule has 1 heterocycles. The quantitative estimate of drug-likeness (QED) is 0.751. The number of hydrogen-bond donors (Lipinski definition) is 1. The number of hydrogen-bond acceptors (Lipinski definition) is 2. The summed E-state index contributed by atoms with van der Waals surface area (Å²) in [5.41, 5.74) is 0. The second kappa shape index (κ2) is 5.35. The maximum absolute atomic E-state index is 10.8. The van der Waals surface area contributed by atoms with Gasteiger partial charge < -0.3 is 10.0 Å². The molecule has 82 valence electrons. The van der Waals surface area contributed by atoms with Gasteiger partial charge in [-0.25, -0.2) is 0 Å². The molecule has 1 fully saturated rings. The summed E-state index contributed by atoms with van der Waals surface area (Å²) in [5.74, 6) is -0.00863. The van der Waals surface area contributed by atoms with Crippen LogP contribution in [0, 0.1) is 11.8 Å². The molecular weight excluding hydrogens is 178 g/mol. The van der Waals surface area contributed by atoms with E-state index >= 15 is 0 Å². The van der Waals surface area contributed by atoms with Crippen molar-refractivity contribution in [3.63, 3.8) is 0 Å². The Balaban J connectivity index is 2.32. The highest BCUT2D eigenvalue weighted by molar-refractivity contribution is 5.70. The summed E-state index contributed by atoms with van der Waals surface area (Å²) in [7, 11) is 0. The molecule has 0 radical (unpaired) electrons. The van der Waals surface area contributed by atoms with E-state index in [4.69, 9.17) is 5.11 Å². The van der Waals surface area contributed by atoms with Gasteiger partial charge in [-0.15, -0.1) is 0 Å². The first kappa shape index (κ1) is 11.5. The first-order valence-electron chi connectivity index (χ1n) is 5.58. The summed E-state index contributed by atoms with van der Waals surface area (Å²) in [5, 5.41) is 8.93. The highest BCUT2D eigenvalue weighted by Gasteiger charge is 2.22. The second-order valence-electron chi connectivity index (χ2n) is 4.43. The first-order chi connectivity index (χ1) is 6.63. The molecule has 1 unspecified atom stereocenters. The number of carboxylic acids is 1. The molecule has 0 saturated carbocycles. The highest BCUT2D eigenvalue weighted by Crippen LogP contribution is 2.17. The van der Waals surface area contributed by atoms with Crippen LogP contribution in [0.15, 0.2) is 0 Å². The monoisotopic (exact) mass is 199 g/mol. The molecule has 1 N–H and O–H groups in total. The third kappa shape index (κ3) is 3.29. The molecule has 0 aromatic carbocycles. The Kier molecular flexibility index (Phi) is 4.39. The van der Waals surface area contributed by atoms with Crippen molar-refractivity contribution in [1.29, 1.82) is 0 Å². The molecule has 1 rings (SSSR count). The summed E-state index contributed by atoms with van der Waals surface area (Å²) in [6.07, 6.45) is 3.17. The Morgan fingerprint density at radius 1 is 1.50 bits per heavy atom. The van der Waals surface area contributed by atoms with Crippen molar-refractivity contribution < 1.29 is 9.90 Å². The second-order valence-corrected chi connectivity index (χ2v) is 4.43. The van der Waals surface area contributed by atoms with Gasteiger partial charge in [0.05, 0.1) is 5.92 Å². The smallest absolute Gasteiger partial charge is 0.307 e. The third-order valence-corrected chi connectivity index (χ3v) is 3.20. The summed E-state index contributed by atoms with van der Waals surface area (Å²) >= 11 is 0. The van der Waals surface area contributed by atoms with Gasteiger partial charge >= 0.3 is 5.97 Å². The van der Waals surface area contributed by atoms with Crippen LogP contribution in [0.2, 0.25) is 0 Å². The Labute approximate surface area is 86.1 Å². The van der Waals surface area contributed by atoms with Crippen LogP contribution >= 0.6 is 0 Å². The van der Waals surface area contributed by atoms with Gasteiger partial charge in [0.15, 0.2) is 0 Å². The lowest BCUT2D eigenvalue weighted by atomic mass is 9.97. The van der Waals surface area contributed by atoms with Crippen LogP contribution in [-0.2, 0) is 4.79 Å². The zero-order valence-corrected chi connectivity index (χ0v) is 9.20. The minimum Gasteiger partial charge on any atom is -0.481 e. The molecule has 3 heteroatoms. The van der Waals surface area contributed by atoms with E-state index in [9.17, 15) is 4.79 Å². The number of carboxylic acid groups (broad SMARTS) is 1. The predicted molar refractivity (Wildman–Crippen MR) is 56.3 cm³/mol. The van der Waals surface area contributed by atoms with Crippen molar-refractivity contribution in [1.82, 2.24) is 4.90 Å². The van der Waals surface area contributed by atoms with E-state index < -0.39 is 5.97 Å². The van der Waals surface area contributed by atoms with Crippen molar-refractivity contribution in [2.75, 3.05) is 19.6 Å². The lowest BCUT2D eigenvalue weighted by Gasteiger charge is -2.31. The molecule has 0 aliphatic carbocycles. The Morgan fingerprint density at radius 3 is 2.50 bits per heavy atom. The normalized spacial score (nSPS) is 22.1. The van der Waals surface area contributed by atoms with E-state index in [1.54, 1.807) is 0 Å². The van der Waals surface area contributed by atoms with Crippen molar-refractivity contribution in [2.45, 2.75) is 33.1 Å². The van der Waals surface area contributed by atoms with Gasteiger partial charge in [-0.1, -0.05) is 13.8 Å². The van der Waals surface area contributed by atoms with Crippen LogP contribution in [0.1, 0.15) is 33.1 Å². The van der Waals surface area contributed by atoms with Gasteiger partial charge in [0.2, 0.25) is 0 Å². The van der Waals surface area contributed by atoms with E-state index in [-0.39, 0.29) is 5.92 Å². The summed E-state index contributed by atoms with van der Waals surface area (Å²) in [6.45, 7) is 7.10. The van der Waals surface area contributed by atoms with Gasteiger partial charge in [0, 0.05) is 6.54 Å². The standard InChI is InChI=1S/C11H21NO2/c1-3-10(11(13)14)8-12-6-4-9(2)5-7-12/h9-10H,3-8H2,1-2H3,(H,13,14). The summed E-state index contributed by atoms with van der Waals surface area (Å²) in [4.78, 5) is 13.1. The average molecular weight is 199 g/mol. The molecular formula is C11H21NO2. The Hall–Kier alpha value is -0.570. The zero-order chi connectivity index (χ0) is 10.6. The van der Waals surface area contributed by atoms with Crippen molar-refractivity contribution in [3.8, 4) is 0 Å². The van der Waals surface area contributed by atoms with E-state index in [1.807, 2.05) is 6.92 Å². The molecule has 0 amide bonds. The number of piperidine rings is 1. The topological polar surface area (TPSA) is 40.5 Å². The minimum atomic E-state index is -0.647. The molecule has 1 aliphatic heterocycles. The molecule has 0 aromatic rings. The van der Waals surface area contributed by atoms with Crippen LogP contribution in [0.25, 0.3) is 0 Å². The largest absolute Gasteiger partial charge is 0.481 e. The highest BCUT2D eigenvalue weighted by atomic mass is 16.4. The maximum Gasteiger partial charge on any atom is 0.307 e. The fourth-order valence-electron chi connectivity index (χ4n) is 1.94. The SMILES string of the molecule is CCC(CN1CCC(C)CC1)C(=O)O. The van der Waals surface area contributed by atoms with E-state index in [0.717, 1.165) is 32.0 Å². The molecule has 3 nitrogen and oxygen atoms in total. The molecule has 1 saturated heterocycles. The molecule has 1 atom stereocenters. The van der Waals surface area contributed by atoms with Gasteiger partial charge in [0.1, 0.15) is 0 Å². The fourth-order valence-corrected chi connectivity index (χ4v) is 1.94. The fraction of sp³-hybridized carbons (Fsp3) is 0.909. The number of aliphatic carboxylic acids is 1. The van der Waals surface area contributed by atoms with Crippen LogP contribution in [0.5, 0.6) is 0 Å². The van der Waals surface area contributed by atoms with Crippen LogP contribution in [0.3, 0.4) is 0 Å². The third-order valence-electron chi connectivity index (χ3n) is 3.20. The summed E-state index contributed by atoms with van der Waals surface area (Å²) < 4.78 is 0. The van der Waals surface area contributed by atoms with Crippen molar-refractivity contribution in [3.05, 3.63) is 0 Å². The van der Waals surface area contributed by atoms with Crippen molar-refractivity contribution in [2.24, 2.45) is 11.8 Å². The average Bonchev–Trinajstić information content (AvgIpc) is 2.16. The molecule has 0 bridgehead atoms. The zero-order valence-electron chi connectivity index (χ0n) is 9.20. The van der Waals surface area contributed by atoms with Gasteiger partial charge in [-0.05, 0) is 38.3 Å². The first-order valence-corrected chi connectivity index (χ1v) is 5.58. The lowest BCUT2D eigenvalue weighted by Crippen LogP contribution is -2.38. The molecule has 0 spiro atoms. The van der Waals surface area contributed by atoms with E-state index in [0.29, 0.717) is 0 Å². The van der Waals surface area contributed by atoms with Crippen LogP contribution < -0.4 is 0 Å². The molecule has 0 aromatic heterocycles. The molecule has 14 heavy (non-hydrogen) atoms. The Morgan fingerprint density at radius 2 is 2.07 bits per heavy atom. The van der Waals surface area contributed by atoms with Crippen molar-refractivity contribution >= 4 is 5.97 Å². The van der Waals surface area contributed by atoms with E-state index in [2.05, 4.69) is 11.8 Å². The number of rotatable bonds is 4. The Bertz CT molecular complexity index is 186. The summed E-state index contributed by atoms with van der Waals surface area (Å²) in [6, 6.07) is 0. The van der Waals surface area contributed by atoms with Crippen LogP contribution in [-0.4, -0.2) is 35.6 Å². The molecule has 1 aliphatic rings. The predicted octanol–water partition coefficient (Wildman–Crippen LogP) is 1.83. The number of nitrogens with zero attached hydrogens (tertiary/aromatic N) is 1. The van der Waals surface area contributed by atoms with Crippen LogP contribution in [0.4, 0.5) is 0 Å². The van der Waals surface area contributed by atoms with Gasteiger partial charge in [-0.2, -0.15) is 0 Å². The number of likely N-dealkylation sites (tertiary alicyclic amines) is 1.